The minimum absolute atomic E-state index is 0.0982. The van der Waals surface area contributed by atoms with E-state index in [1.54, 1.807) is 18.2 Å². The number of nitriles is 1. The topological polar surface area (TPSA) is 62.1 Å². The maximum absolute atomic E-state index is 10.9. The first-order valence-corrected chi connectivity index (χ1v) is 4.97. The highest BCUT2D eigenvalue weighted by Crippen LogP contribution is 2.23. The summed E-state index contributed by atoms with van der Waals surface area (Å²) >= 11 is 3.29. The van der Waals surface area contributed by atoms with Gasteiger partial charge in [-0.3, -0.25) is 4.79 Å². The molecular formula is C10H9BrN2O2. The molecule has 5 heteroatoms. The third-order valence-corrected chi connectivity index (χ3v) is 2.41. The fourth-order valence-corrected chi connectivity index (χ4v) is 1.49. The zero-order chi connectivity index (χ0) is 11.3. The molecule has 0 unspecified atom stereocenters. The molecule has 1 N–H and O–H groups in total. The van der Waals surface area contributed by atoms with Crippen molar-refractivity contribution in [1.82, 2.24) is 0 Å². The summed E-state index contributed by atoms with van der Waals surface area (Å²) in [7, 11) is 1.33. The van der Waals surface area contributed by atoms with Crippen LogP contribution in [0.25, 0.3) is 0 Å². The Bertz CT molecular complexity index is 412. The standard InChI is InChI=1S/C10H9BrN2O2/c1-15-10(14)6-13-9-3-2-7(5-12)4-8(9)11/h2-4,13H,6H2,1H3. The van der Waals surface area contributed by atoms with E-state index in [0.29, 0.717) is 5.56 Å². The van der Waals surface area contributed by atoms with Gasteiger partial charge in [-0.05, 0) is 34.1 Å². The highest BCUT2D eigenvalue weighted by molar-refractivity contribution is 9.10. The second-order valence-electron chi connectivity index (χ2n) is 2.74. The van der Waals surface area contributed by atoms with E-state index in [0.717, 1.165) is 10.2 Å². The lowest BCUT2D eigenvalue weighted by atomic mass is 10.2. The average Bonchev–Trinajstić information content (AvgIpc) is 2.26. The van der Waals surface area contributed by atoms with Gasteiger partial charge in [0.15, 0.2) is 0 Å². The smallest absolute Gasteiger partial charge is 0.325 e. The monoisotopic (exact) mass is 268 g/mol. The van der Waals surface area contributed by atoms with Crippen LogP contribution in [0, 0.1) is 11.3 Å². The number of rotatable bonds is 3. The molecule has 1 aromatic carbocycles. The lowest BCUT2D eigenvalue weighted by Crippen LogP contribution is -2.15. The zero-order valence-electron chi connectivity index (χ0n) is 8.08. The predicted molar refractivity (Wildman–Crippen MR) is 59.4 cm³/mol. The van der Waals surface area contributed by atoms with Gasteiger partial charge in [0.05, 0.1) is 18.7 Å². The van der Waals surface area contributed by atoms with Crippen molar-refractivity contribution in [2.45, 2.75) is 0 Å². The third-order valence-electron chi connectivity index (χ3n) is 1.75. The number of methoxy groups -OCH3 is 1. The molecule has 15 heavy (non-hydrogen) atoms. The number of esters is 1. The van der Waals surface area contributed by atoms with Crippen LogP contribution in [0.3, 0.4) is 0 Å². The quantitative estimate of drug-likeness (QED) is 0.851. The molecule has 0 aliphatic carbocycles. The van der Waals surface area contributed by atoms with Gasteiger partial charge in [-0.2, -0.15) is 5.26 Å². The Balaban J connectivity index is 2.71. The van der Waals surface area contributed by atoms with E-state index >= 15 is 0 Å². The van der Waals surface area contributed by atoms with E-state index in [-0.39, 0.29) is 12.5 Å². The number of carbonyl (C=O) groups is 1. The molecular weight excluding hydrogens is 260 g/mol. The number of anilines is 1. The second-order valence-corrected chi connectivity index (χ2v) is 3.59. The molecule has 0 saturated heterocycles. The summed E-state index contributed by atoms with van der Waals surface area (Å²) in [5.41, 5.74) is 1.31. The summed E-state index contributed by atoms with van der Waals surface area (Å²) in [4.78, 5) is 10.9. The lowest BCUT2D eigenvalue weighted by Gasteiger charge is -2.07. The summed E-state index contributed by atoms with van der Waals surface area (Å²) in [6, 6.07) is 7.10. The van der Waals surface area contributed by atoms with Gasteiger partial charge >= 0.3 is 5.97 Å². The highest BCUT2D eigenvalue weighted by Gasteiger charge is 2.03. The van der Waals surface area contributed by atoms with Gasteiger partial charge < -0.3 is 10.1 Å². The molecule has 1 aromatic rings. The molecule has 0 aromatic heterocycles. The lowest BCUT2D eigenvalue weighted by molar-refractivity contribution is -0.138. The van der Waals surface area contributed by atoms with Gasteiger partial charge in [0.2, 0.25) is 0 Å². The van der Waals surface area contributed by atoms with Crippen LogP contribution < -0.4 is 5.32 Å². The van der Waals surface area contributed by atoms with Crippen LogP contribution >= 0.6 is 15.9 Å². The van der Waals surface area contributed by atoms with E-state index in [1.165, 1.54) is 7.11 Å². The molecule has 4 nitrogen and oxygen atoms in total. The SMILES string of the molecule is COC(=O)CNc1ccc(C#N)cc1Br. The largest absolute Gasteiger partial charge is 0.468 e. The Kier molecular flexibility index (Phi) is 4.13. The van der Waals surface area contributed by atoms with E-state index < -0.39 is 0 Å². The minimum atomic E-state index is -0.341. The third kappa shape index (κ3) is 3.26. The number of nitrogens with one attached hydrogen (secondary N) is 1. The predicted octanol–water partition coefficient (Wildman–Crippen LogP) is 1.91. The van der Waals surface area contributed by atoms with Crippen molar-refractivity contribution in [3.63, 3.8) is 0 Å². The van der Waals surface area contributed by atoms with E-state index in [4.69, 9.17) is 5.26 Å². The molecule has 0 fully saturated rings. The van der Waals surface area contributed by atoms with Gasteiger partial charge in [-0.25, -0.2) is 0 Å². The number of halogens is 1. The van der Waals surface area contributed by atoms with Crippen molar-refractivity contribution < 1.29 is 9.53 Å². The average molecular weight is 269 g/mol. The molecule has 1 rings (SSSR count). The van der Waals surface area contributed by atoms with Crippen LogP contribution in [0.2, 0.25) is 0 Å². The number of hydrogen-bond acceptors (Lipinski definition) is 4. The van der Waals surface area contributed by atoms with E-state index in [2.05, 4.69) is 26.0 Å². The molecule has 0 spiro atoms. The normalized spacial score (nSPS) is 9.13. The minimum Gasteiger partial charge on any atom is -0.468 e. The van der Waals surface area contributed by atoms with Crippen LogP contribution in [0.5, 0.6) is 0 Å². The van der Waals surface area contributed by atoms with Gasteiger partial charge in [-0.15, -0.1) is 0 Å². The van der Waals surface area contributed by atoms with Crippen molar-refractivity contribution in [2.75, 3.05) is 19.0 Å². The summed E-state index contributed by atoms with van der Waals surface area (Å²) in [6.45, 7) is 0.0982. The Morgan fingerprint density at radius 3 is 2.93 bits per heavy atom. The van der Waals surface area contributed by atoms with Crippen LogP contribution in [-0.2, 0) is 9.53 Å². The summed E-state index contributed by atoms with van der Waals surface area (Å²) < 4.78 is 5.23. The van der Waals surface area contributed by atoms with E-state index in [9.17, 15) is 4.79 Å². The zero-order valence-corrected chi connectivity index (χ0v) is 9.67. The fourth-order valence-electron chi connectivity index (χ4n) is 0.968. The van der Waals surface area contributed by atoms with Crippen molar-refractivity contribution in [1.29, 1.82) is 5.26 Å². The van der Waals surface area contributed by atoms with Crippen molar-refractivity contribution in [2.24, 2.45) is 0 Å². The summed E-state index contributed by atoms with van der Waals surface area (Å²) in [5, 5.41) is 11.5. The summed E-state index contributed by atoms with van der Waals surface area (Å²) in [6.07, 6.45) is 0. The maximum atomic E-state index is 10.9. The van der Waals surface area contributed by atoms with Crippen LogP contribution in [0.1, 0.15) is 5.56 Å². The molecule has 0 aliphatic heterocycles. The first-order valence-electron chi connectivity index (χ1n) is 4.17. The molecule has 0 amide bonds. The molecule has 0 atom stereocenters. The second kappa shape index (κ2) is 5.37. The van der Waals surface area contributed by atoms with Crippen molar-refractivity contribution in [3.8, 4) is 6.07 Å². The van der Waals surface area contributed by atoms with Gasteiger partial charge in [-0.1, -0.05) is 0 Å². The highest BCUT2D eigenvalue weighted by atomic mass is 79.9. The maximum Gasteiger partial charge on any atom is 0.325 e. The number of ether oxygens (including phenoxy) is 1. The first-order chi connectivity index (χ1) is 7.17. The molecule has 0 aliphatic rings. The fraction of sp³-hybridized carbons (Fsp3) is 0.200. The molecule has 0 bridgehead atoms. The number of benzene rings is 1. The number of hydrogen-bond donors (Lipinski definition) is 1. The van der Waals surface area contributed by atoms with Crippen LogP contribution in [0.15, 0.2) is 22.7 Å². The Hall–Kier alpha value is -1.54. The van der Waals surface area contributed by atoms with Crippen molar-refractivity contribution in [3.05, 3.63) is 28.2 Å². The summed E-state index contributed by atoms with van der Waals surface area (Å²) in [5.74, 6) is -0.341. The molecule has 78 valence electrons. The van der Waals surface area contributed by atoms with Gasteiger partial charge in [0.25, 0.3) is 0 Å². The number of nitrogens with zero attached hydrogens (tertiary/aromatic N) is 1. The number of carbonyl (C=O) groups excluding carboxylic acids is 1. The van der Waals surface area contributed by atoms with E-state index in [1.807, 2.05) is 6.07 Å². The Morgan fingerprint density at radius 1 is 1.67 bits per heavy atom. The Labute approximate surface area is 96.0 Å². The van der Waals surface area contributed by atoms with Crippen LogP contribution in [-0.4, -0.2) is 19.6 Å². The first kappa shape index (κ1) is 11.5. The molecule has 0 radical (unpaired) electrons. The molecule has 0 heterocycles. The molecule has 0 saturated carbocycles. The van der Waals surface area contributed by atoms with Gasteiger partial charge in [0.1, 0.15) is 6.54 Å². The Morgan fingerprint density at radius 2 is 2.40 bits per heavy atom. The van der Waals surface area contributed by atoms with Crippen molar-refractivity contribution >= 4 is 27.6 Å². The van der Waals surface area contributed by atoms with Gasteiger partial charge in [0, 0.05) is 10.2 Å². The van der Waals surface area contributed by atoms with Crippen LogP contribution in [0.4, 0.5) is 5.69 Å².